The molecule has 1 aromatic carbocycles. The second-order valence-electron chi connectivity index (χ2n) is 9.45. The van der Waals surface area contributed by atoms with Crippen LogP contribution >= 0.6 is 11.3 Å². The number of nitrogens with two attached hydrogens (primary N) is 1. The van der Waals surface area contributed by atoms with Crippen LogP contribution in [0.25, 0.3) is 10.4 Å². The van der Waals surface area contributed by atoms with Crippen LogP contribution in [0.3, 0.4) is 0 Å². The maximum atomic E-state index is 11.8. The Hall–Kier alpha value is -2.84. The minimum atomic E-state index is -1.06. The van der Waals surface area contributed by atoms with Crippen LogP contribution < -0.4 is 11.1 Å². The molecule has 1 aliphatic rings. The van der Waals surface area contributed by atoms with E-state index in [9.17, 15) is 9.90 Å². The summed E-state index contributed by atoms with van der Waals surface area (Å²) in [5.41, 5.74) is 8.03. The van der Waals surface area contributed by atoms with Crippen molar-refractivity contribution in [3.8, 4) is 10.4 Å². The molecule has 0 spiro atoms. The third-order valence-electron chi connectivity index (χ3n) is 6.20. The lowest BCUT2D eigenvalue weighted by Gasteiger charge is -2.44. The number of aromatic nitrogens is 3. The summed E-state index contributed by atoms with van der Waals surface area (Å²) in [6.45, 7) is 7.95. The van der Waals surface area contributed by atoms with E-state index < -0.39 is 5.60 Å². The van der Waals surface area contributed by atoms with Gasteiger partial charge in [0.15, 0.2) is 0 Å². The summed E-state index contributed by atoms with van der Waals surface area (Å²) < 4.78 is 0. The van der Waals surface area contributed by atoms with E-state index in [2.05, 4.69) is 26.3 Å². The lowest BCUT2D eigenvalue weighted by Crippen LogP contribution is -2.46. The molecule has 4 rings (SSSR count). The average Bonchev–Trinajstić information content (AvgIpc) is 3.17. The summed E-state index contributed by atoms with van der Waals surface area (Å²) in [6, 6.07) is 8.03. The molecule has 168 valence electrons. The Morgan fingerprint density at radius 1 is 1.25 bits per heavy atom. The van der Waals surface area contributed by atoms with E-state index in [4.69, 9.17) is 5.73 Å². The van der Waals surface area contributed by atoms with E-state index in [1.54, 1.807) is 6.20 Å². The van der Waals surface area contributed by atoms with Gasteiger partial charge in [-0.25, -0.2) is 15.0 Å². The summed E-state index contributed by atoms with van der Waals surface area (Å²) >= 11 is 1.49. The molecule has 2 heterocycles. The van der Waals surface area contributed by atoms with Gasteiger partial charge in [0, 0.05) is 29.7 Å². The van der Waals surface area contributed by atoms with E-state index in [0.717, 1.165) is 27.4 Å². The molecule has 0 aliphatic heterocycles. The number of hydrogen-bond acceptors (Lipinski definition) is 7. The van der Waals surface area contributed by atoms with Crippen molar-refractivity contribution in [2.45, 2.75) is 52.6 Å². The molecule has 0 bridgehead atoms. The SMILES string of the molecule is Cc1cc(Nc2nccc(C)n2)cc(-c2cnc([C@@]3(O)CC[C@H](C(N)=O)C(C)(C)C3)s2)c1. The Labute approximate surface area is 192 Å². The van der Waals surface area contributed by atoms with E-state index in [0.29, 0.717) is 30.2 Å². The molecule has 7 nitrogen and oxygen atoms in total. The summed E-state index contributed by atoms with van der Waals surface area (Å²) in [4.78, 5) is 26.1. The third-order valence-corrected chi connectivity index (χ3v) is 7.44. The number of hydrogen-bond donors (Lipinski definition) is 3. The standard InChI is InChI=1S/C24H29N5O2S/c1-14-9-16(11-17(10-14)29-22-26-8-6-15(2)28-22)19-12-27-21(32-19)24(31)7-5-18(20(25)30)23(3,4)13-24/h6,8-12,18,31H,5,7,13H2,1-4H3,(H2,25,30)(H,26,28,29)/t18-,24-/m1/s1. The highest BCUT2D eigenvalue weighted by Gasteiger charge is 2.48. The summed E-state index contributed by atoms with van der Waals surface area (Å²) in [5.74, 6) is 0.0139. The molecule has 32 heavy (non-hydrogen) atoms. The number of primary amides is 1. The third kappa shape index (κ3) is 4.52. The molecule has 0 radical (unpaired) electrons. The number of carbonyl (C=O) groups excluding carboxylic acids is 1. The topological polar surface area (TPSA) is 114 Å². The monoisotopic (exact) mass is 451 g/mol. The van der Waals surface area contributed by atoms with Crippen LogP contribution in [-0.4, -0.2) is 26.0 Å². The van der Waals surface area contributed by atoms with Crippen LogP contribution in [0.4, 0.5) is 11.6 Å². The first-order chi connectivity index (χ1) is 15.1. The van der Waals surface area contributed by atoms with Gasteiger partial charge in [-0.1, -0.05) is 19.9 Å². The second-order valence-corrected chi connectivity index (χ2v) is 10.5. The predicted octanol–water partition coefficient (Wildman–Crippen LogP) is 4.46. The molecular weight excluding hydrogens is 422 g/mol. The first kappa shape index (κ1) is 22.4. The van der Waals surface area contributed by atoms with Gasteiger partial charge < -0.3 is 16.2 Å². The van der Waals surface area contributed by atoms with Crippen molar-refractivity contribution in [2.24, 2.45) is 17.1 Å². The minimum absolute atomic E-state index is 0.239. The second kappa shape index (κ2) is 8.26. The van der Waals surface area contributed by atoms with E-state index in [-0.39, 0.29) is 17.2 Å². The fraction of sp³-hybridized carbons (Fsp3) is 0.417. The first-order valence-corrected chi connectivity index (χ1v) is 11.5. The maximum absolute atomic E-state index is 11.8. The molecule has 4 N–H and O–H groups in total. The van der Waals surface area contributed by atoms with Crippen LogP contribution in [0, 0.1) is 25.2 Å². The van der Waals surface area contributed by atoms with Crippen molar-refractivity contribution in [3.05, 3.63) is 52.9 Å². The number of aryl methyl sites for hydroxylation is 2. The summed E-state index contributed by atoms with van der Waals surface area (Å²) in [6.07, 6.45) is 5.02. The molecule has 1 saturated carbocycles. The van der Waals surface area contributed by atoms with Crippen molar-refractivity contribution in [2.75, 3.05) is 5.32 Å². The molecule has 1 fully saturated rings. The molecule has 2 atom stereocenters. The number of aliphatic hydroxyl groups is 1. The number of nitrogens with one attached hydrogen (secondary N) is 1. The van der Waals surface area contributed by atoms with Crippen LogP contribution in [0.1, 0.15) is 49.4 Å². The Bertz CT molecular complexity index is 1160. The largest absolute Gasteiger partial charge is 0.383 e. The Kier molecular flexibility index (Phi) is 5.77. The van der Waals surface area contributed by atoms with Crippen LogP contribution in [-0.2, 0) is 10.4 Å². The molecule has 1 amide bonds. The zero-order valence-electron chi connectivity index (χ0n) is 18.8. The van der Waals surface area contributed by atoms with Crippen molar-refractivity contribution in [1.82, 2.24) is 15.0 Å². The highest BCUT2D eigenvalue weighted by atomic mass is 32.1. The first-order valence-electron chi connectivity index (χ1n) is 10.7. The number of anilines is 2. The number of rotatable bonds is 5. The number of amides is 1. The van der Waals surface area contributed by atoms with Crippen molar-refractivity contribution < 1.29 is 9.90 Å². The van der Waals surface area contributed by atoms with Crippen LogP contribution in [0.2, 0.25) is 0 Å². The fourth-order valence-corrected chi connectivity index (χ4v) is 5.73. The van der Waals surface area contributed by atoms with Gasteiger partial charge in [-0.3, -0.25) is 4.79 Å². The summed E-state index contributed by atoms with van der Waals surface area (Å²) in [5, 5.41) is 15.4. The Morgan fingerprint density at radius 3 is 2.72 bits per heavy atom. The Morgan fingerprint density at radius 2 is 2.03 bits per heavy atom. The number of benzene rings is 1. The molecule has 2 aromatic heterocycles. The van der Waals surface area contributed by atoms with Gasteiger partial charge in [0.2, 0.25) is 11.9 Å². The van der Waals surface area contributed by atoms with Gasteiger partial charge in [0.25, 0.3) is 0 Å². The number of carbonyl (C=O) groups is 1. The van der Waals surface area contributed by atoms with Crippen molar-refractivity contribution in [3.63, 3.8) is 0 Å². The molecule has 1 aliphatic carbocycles. The molecular formula is C24H29N5O2S. The van der Waals surface area contributed by atoms with E-state index >= 15 is 0 Å². The van der Waals surface area contributed by atoms with Crippen LogP contribution in [0.15, 0.2) is 36.7 Å². The Balaban J connectivity index is 1.60. The quantitative estimate of drug-likeness (QED) is 0.528. The highest BCUT2D eigenvalue weighted by molar-refractivity contribution is 7.15. The van der Waals surface area contributed by atoms with Gasteiger partial charge in [0.05, 0.1) is 4.88 Å². The zero-order valence-corrected chi connectivity index (χ0v) is 19.7. The normalized spacial score (nSPS) is 22.5. The molecule has 3 aromatic rings. The molecule has 8 heteroatoms. The van der Waals surface area contributed by atoms with Crippen LogP contribution in [0.5, 0.6) is 0 Å². The summed E-state index contributed by atoms with van der Waals surface area (Å²) in [7, 11) is 0. The average molecular weight is 452 g/mol. The lowest BCUT2D eigenvalue weighted by molar-refractivity contribution is -0.134. The minimum Gasteiger partial charge on any atom is -0.383 e. The fourth-order valence-electron chi connectivity index (χ4n) is 4.71. The van der Waals surface area contributed by atoms with Gasteiger partial charge in [-0.15, -0.1) is 11.3 Å². The van der Waals surface area contributed by atoms with E-state index in [1.807, 2.05) is 52.1 Å². The molecule has 0 saturated heterocycles. The number of nitrogens with zero attached hydrogens (tertiary/aromatic N) is 3. The smallest absolute Gasteiger partial charge is 0.227 e. The zero-order chi connectivity index (χ0) is 23.1. The van der Waals surface area contributed by atoms with Gasteiger partial charge in [0.1, 0.15) is 10.6 Å². The van der Waals surface area contributed by atoms with Gasteiger partial charge >= 0.3 is 0 Å². The maximum Gasteiger partial charge on any atom is 0.227 e. The van der Waals surface area contributed by atoms with Gasteiger partial charge in [-0.05, 0) is 67.9 Å². The van der Waals surface area contributed by atoms with E-state index in [1.165, 1.54) is 11.3 Å². The number of thiazole rings is 1. The van der Waals surface area contributed by atoms with Gasteiger partial charge in [-0.2, -0.15) is 0 Å². The van der Waals surface area contributed by atoms with Crippen molar-refractivity contribution >= 4 is 28.9 Å². The molecule has 0 unspecified atom stereocenters. The predicted molar refractivity (Wildman–Crippen MR) is 127 cm³/mol. The highest BCUT2D eigenvalue weighted by Crippen LogP contribution is 2.50. The lowest BCUT2D eigenvalue weighted by atomic mass is 9.63. The van der Waals surface area contributed by atoms with Crippen molar-refractivity contribution in [1.29, 1.82) is 0 Å².